The molecule has 0 aliphatic carbocycles. The van der Waals surface area contributed by atoms with Crippen molar-refractivity contribution in [2.75, 3.05) is 0 Å². The van der Waals surface area contributed by atoms with Crippen LogP contribution in [0.1, 0.15) is 18.5 Å². The second-order valence-electron chi connectivity index (χ2n) is 2.80. The summed E-state index contributed by atoms with van der Waals surface area (Å²) >= 11 is 0. The number of hydrogen-bond donors (Lipinski definition) is 2. The fourth-order valence-corrected chi connectivity index (χ4v) is 0.979. The van der Waals surface area contributed by atoms with E-state index in [4.69, 9.17) is 11.5 Å². The average Bonchev–Trinajstić information content (AvgIpc) is 2.05. The van der Waals surface area contributed by atoms with E-state index in [9.17, 15) is 0 Å². The van der Waals surface area contributed by atoms with Gasteiger partial charge in [0, 0.05) is 12.1 Å². The fourth-order valence-electron chi connectivity index (χ4n) is 0.979. The molecule has 1 unspecified atom stereocenters. The Kier molecular flexibility index (Phi) is 2.63. The highest BCUT2D eigenvalue weighted by atomic mass is 14.8. The Hall–Kier alpha value is -0.860. The minimum Gasteiger partial charge on any atom is -0.326 e. The summed E-state index contributed by atoms with van der Waals surface area (Å²) in [6, 6.07) is 9.86. The Bertz CT molecular complexity index is 206. The first-order valence-corrected chi connectivity index (χ1v) is 3.78. The summed E-state index contributed by atoms with van der Waals surface area (Å²) < 4.78 is 0. The quantitative estimate of drug-likeness (QED) is 0.661. The molecule has 0 saturated carbocycles. The number of rotatable bonds is 2. The molecule has 11 heavy (non-hydrogen) atoms. The molecule has 1 aromatic rings. The third-order valence-corrected chi connectivity index (χ3v) is 1.75. The Morgan fingerprint density at radius 2 is 1.64 bits per heavy atom. The third kappa shape index (κ3) is 2.03. The second kappa shape index (κ2) is 3.51. The lowest BCUT2D eigenvalue weighted by atomic mass is 10.0. The number of benzene rings is 1. The van der Waals surface area contributed by atoms with Gasteiger partial charge in [0.15, 0.2) is 0 Å². The summed E-state index contributed by atoms with van der Waals surface area (Å²) in [5.41, 5.74) is 12.6. The van der Waals surface area contributed by atoms with E-state index >= 15 is 0 Å². The van der Waals surface area contributed by atoms with Gasteiger partial charge in [0.1, 0.15) is 0 Å². The first-order chi connectivity index (χ1) is 5.22. The molecule has 0 amide bonds. The van der Waals surface area contributed by atoms with Crippen molar-refractivity contribution >= 4 is 0 Å². The molecule has 0 aliphatic heterocycles. The van der Waals surface area contributed by atoms with Gasteiger partial charge >= 0.3 is 0 Å². The van der Waals surface area contributed by atoms with Crippen LogP contribution in [0.4, 0.5) is 0 Å². The van der Waals surface area contributed by atoms with Crippen LogP contribution >= 0.6 is 0 Å². The Balaban J connectivity index is 2.77. The maximum absolute atomic E-state index is 5.81. The molecule has 1 rings (SSSR count). The van der Waals surface area contributed by atoms with E-state index in [2.05, 4.69) is 0 Å². The topological polar surface area (TPSA) is 52.0 Å². The van der Waals surface area contributed by atoms with Crippen molar-refractivity contribution in [3.8, 4) is 0 Å². The van der Waals surface area contributed by atoms with Crippen molar-refractivity contribution in [1.82, 2.24) is 0 Å². The van der Waals surface area contributed by atoms with Crippen molar-refractivity contribution in [2.45, 2.75) is 19.0 Å². The van der Waals surface area contributed by atoms with E-state index in [0.29, 0.717) is 0 Å². The van der Waals surface area contributed by atoms with Crippen LogP contribution in [0.15, 0.2) is 30.3 Å². The molecule has 0 heterocycles. The van der Waals surface area contributed by atoms with E-state index in [0.717, 1.165) is 5.56 Å². The molecule has 0 fully saturated rings. The van der Waals surface area contributed by atoms with Crippen LogP contribution in [-0.2, 0) is 0 Å². The molecule has 0 saturated heterocycles. The van der Waals surface area contributed by atoms with E-state index in [-0.39, 0.29) is 12.1 Å². The molecule has 2 atom stereocenters. The van der Waals surface area contributed by atoms with Gasteiger partial charge in [-0.25, -0.2) is 0 Å². The van der Waals surface area contributed by atoms with Crippen molar-refractivity contribution < 1.29 is 0 Å². The average molecular weight is 150 g/mol. The van der Waals surface area contributed by atoms with E-state index in [1.54, 1.807) is 0 Å². The molecule has 1 aromatic carbocycles. The fraction of sp³-hybridized carbons (Fsp3) is 0.333. The summed E-state index contributed by atoms with van der Waals surface area (Å²) in [7, 11) is 0. The standard InChI is InChI=1S/C9H14N2/c1-7(10)9(11)8-5-3-2-4-6-8/h2-7,9H,10-11H2,1H3/t7-,9?/m1/s1. The normalized spacial score (nSPS) is 15.9. The van der Waals surface area contributed by atoms with Gasteiger partial charge in [0.2, 0.25) is 0 Å². The Morgan fingerprint density at radius 3 is 2.09 bits per heavy atom. The van der Waals surface area contributed by atoms with Crippen LogP contribution in [0.5, 0.6) is 0 Å². The minimum absolute atomic E-state index is 0.0115. The van der Waals surface area contributed by atoms with Crippen LogP contribution < -0.4 is 11.5 Å². The van der Waals surface area contributed by atoms with Gasteiger partial charge in [0.05, 0.1) is 0 Å². The predicted molar refractivity (Wildman–Crippen MR) is 47.0 cm³/mol. The molecule has 4 N–H and O–H groups in total. The lowest BCUT2D eigenvalue weighted by Gasteiger charge is -2.15. The highest BCUT2D eigenvalue weighted by molar-refractivity contribution is 5.19. The van der Waals surface area contributed by atoms with E-state index in [1.807, 2.05) is 37.3 Å². The molecular formula is C9H14N2. The largest absolute Gasteiger partial charge is 0.326 e. The molecule has 0 aliphatic rings. The van der Waals surface area contributed by atoms with Crippen LogP contribution in [0.25, 0.3) is 0 Å². The van der Waals surface area contributed by atoms with Crippen molar-refractivity contribution in [1.29, 1.82) is 0 Å². The second-order valence-corrected chi connectivity index (χ2v) is 2.80. The van der Waals surface area contributed by atoms with Gasteiger partial charge < -0.3 is 11.5 Å². The molecule has 60 valence electrons. The Labute approximate surface area is 67.2 Å². The van der Waals surface area contributed by atoms with E-state index in [1.165, 1.54) is 0 Å². The molecule has 0 bridgehead atoms. The zero-order valence-electron chi connectivity index (χ0n) is 6.70. The molecule has 2 nitrogen and oxygen atoms in total. The van der Waals surface area contributed by atoms with Gasteiger partial charge in [-0.3, -0.25) is 0 Å². The summed E-state index contributed by atoms with van der Waals surface area (Å²) in [5, 5.41) is 0. The summed E-state index contributed by atoms with van der Waals surface area (Å²) in [5.74, 6) is 0. The van der Waals surface area contributed by atoms with Gasteiger partial charge in [-0.15, -0.1) is 0 Å². The smallest absolute Gasteiger partial charge is 0.0445 e. The Morgan fingerprint density at radius 1 is 1.09 bits per heavy atom. The lowest BCUT2D eigenvalue weighted by Crippen LogP contribution is -2.30. The van der Waals surface area contributed by atoms with Crippen molar-refractivity contribution in [3.63, 3.8) is 0 Å². The molecule has 0 radical (unpaired) electrons. The van der Waals surface area contributed by atoms with Crippen molar-refractivity contribution in [3.05, 3.63) is 35.9 Å². The first-order valence-electron chi connectivity index (χ1n) is 3.78. The van der Waals surface area contributed by atoms with Gasteiger partial charge in [-0.1, -0.05) is 30.3 Å². The van der Waals surface area contributed by atoms with Gasteiger partial charge in [-0.2, -0.15) is 0 Å². The maximum Gasteiger partial charge on any atom is 0.0445 e. The van der Waals surface area contributed by atoms with Crippen LogP contribution in [0.3, 0.4) is 0 Å². The monoisotopic (exact) mass is 150 g/mol. The first kappa shape index (κ1) is 8.24. The molecular weight excluding hydrogens is 136 g/mol. The third-order valence-electron chi connectivity index (χ3n) is 1.75. The minimum atomic E-state index is -0.0452. The zero-order chi connectivity index (χ0) is 8.27. The highest BCUT2D eigenvalue weighted by Gasteiger charge is 2.08. The zero-order valence-corrected chi connectivity index (χ0v) is 6.70. The van der Waals surface area contributed by atoms with Gasteiger partial charge in [0.25, 0.3) is 0 Å². The van der Waals surface area contributed by atoms with Crippen molar-refractivity contribution in [2.24, 2.45) is 11.5 Å². The molecule has 0 aromatic heterocycles. The highest BCUT2D eigenvalue weighted by Crippen LogP contribution is 2.11. The van der Waals surface area contributed by atoms with Crippen LogP contribution in [-0.4, -0.2) is 6.04 Å². The summed E-state index contributed by atoms with van der Waals surface area (Å²) in [6.45, 7) is 1.91. The molecule has 0 spiro atoms. The summed E-state index contributed by atoms with van der Waals surface area (Å²) in [4.78, 5) is 0. The maximum atomic E-state index is 5.81. The molecule has 2 heteroatoms. The van der Waals surface area contributed by atoms with Crippen LogP contribution in [0.2, 0.25) is 0 Å². The van der Waals surface area contributed by atoms with E-state index < -0.39 is 0 Å². The van der Waals surface area contributed by atoms with Gasteiger partial charge in [-0.05, 0) is 12.5 Å². The predicted octanol–water partition coefficient (Wildman–Crippen LogP) is 1.03. The summed E-state index contributed by atoms with van der Waals surface area (Å²) in [6.07, 6.45) is 0. The number of nitrogens with two attached hydrogens (primary N) is 2. The number of hydrogen-bond acceptors (Lipinski definition) is 2. The SMILES string of the molecule is C[C@@H](N)C(N)c1ccccc1. The van der Waals surface area contributed by atoms with Crippen LogP contribution in [0, 0.1) is 0 Å². The lowest BCUT2D eigenvalue weighted by molar-refractivity contribution is 0.589.